The van der Waals surface area contributed by atoms with Gasteiger partial charge in [0.2, 0.25) is 0 Å². The quantitative estimate of drug-likeness (QED) is 0.312. The summed E-state index contributed by atoms with van der Waals surface area (Å²) in [6.07, 6.45) is 1.50. The van der Waals surface area contributed by atoms with Crippen molar-refractivity contribution >= 4 is 29.6 Å². The number of hydrazone groups is 1. The van der Waals surface area contributed by atoms with Crippen LogP contribution in [0.25, 0.3) is 0 Å². The second kappa shape index (κ2) is 12.6. The van der Waals surface area contributed by atoms with Crippen LogP contribution in [0, 0.1) is 5.92 Å². The monoisotopic (exact) mass is 493 g/mol. The molecule has 3 rings (SSSR count). The second-order valence-corrected chi connectivity index (χ2v) is 8.56. The van der Waals surface area contributed by atoms with E-state index in [1.54, 1.807) is 49.6 Å². The van der Waals surface area contributed by atoms with Crippen molar-refractivity contribution in [1.82, 2.24) is 10.7 Å². The summed E-state index contributed by atoms with van der Waals surface area (Å²) in [6.45, 7) is 4.07. The van der Waals surface area contributed by atoms with Crippen LogP contribution < -0.4 is 20.2 Å². The van der Waals surface area contributed by atoms with Gasteiger partial charge in [-0.15, -0.1) is 0 Å². The Bertz CT molecular complexity index is 1160. The summed E-state index contributed by atoms with van der Waals surface area (Å²) in [5.74, 6) is 0.254. The number of amides is 2. The zero-order valence-electron chi connectivity index (χ0n) is 19.8. The van der Waals surface area contributed by atoms with E-state index in [0.717, 1.165) is 5.56 Å². The Morgan fingerprint density at radius 3 is 2.37 bits per heavy atom. The summed E-state index contributed by atoms with van der Waals surface area (Å²) in [4.78, 5) is 25.1. The SMILES string of the molecule is COc1cc(C=NNC(=O)C(NC(=O)c2ccccc2)C(C)C)ccc1OCc1ccc(Cl)cc1. The molecular formula is C27H28ClN3O4. The Labute approximate surface area is 210 Å². The largest absolute Gasteiger partial charge is 0.493 e. The van der Waals surface area contributed by atoms with Gasteiger partial charge in [0.15, 0.2) is 11.5 Å². The Kier molecular flexibility index (Phi) is 9.26. The van der Waals surface area contributed by atoms with Crippen LogP contribution in [0.3, 0.4) is 0 Å². The number of carbonyl (C=O) groups excluding carboxylic acids is 2. The molecular weight excluding hydrogens is 466 g/mol. The van der Waals surface area contributed by atoms with Gasteiger partial charge in [-0.05, 0) is 59.5 Å². The van der Waals surface area contributed by atoms with E-state index < -0.39 is 11.9 Å². The first-order valence-electron chi connectivity index (χ1n) is 11.1. The molecule has 0 heterocycles. The highest BCUT2D eigenvalue weighted by Gasteiger charge is 2.24. The van der Waals surface area contributed by atoms with Crippen LogP contribution in [0.15, 0.2) is 77.9 Å². The minimum Gasteiger partial charge on any atom is -0.493 e. The van der Waals surface area contributed by atoms with Crippen LogP contribution in [-0.2, 0) is 11.4 Å². The highest BCUT2D eigenvalue weighted by atomic mass is 35.5. The van der Waals surface area contributed by atoms with Gasteiger partial charge in [0, 0.05) is 10.6 Å². The number of ether oxygens (including phenoxy) is 2. The van der Waals surface area contributed by atoms with Gasteiger partial charge in [0.1, 0.15) is 12.6 Å². The molecule has 182 valence electrons. The van der Waals surface area contributed by atoms with Gasteiger partial charge in [0.25, 0.3) is 11.8 Å². The number of halogens is 1. The van der Waals surface area contributed by atoms with Crippen molar-refractivity contribution in [3.05, 3.63) is 94.5 Å². The molecule has 3 aromatic rings. The molecule has 0 aliphatic rings. The first-order chi connectivity index (χ1) is 16.9. The molecule has 8 heteroatoms. The third-order valence-corrected chi connectivity index (χ3v) is 5.41. The predicted molar refractivity (Wildman–Crippen MR) is 137 cm³/mol. The van der Waals surface area contributed by atoms with Crippen molar-refractivity contribution < 1.29 is 19.1 Å². The molecule has 0 spiro atoms. The van der Waals surface area contributed by atoms with Crippen molar-refractivity contribution in [2.75, 3.05) is 7.11 Å². The van der Waals surface area contributed by atoms with Crippen LogP contribution in [0.5, 0.6) is 11.5 Å². The van der Waals surface area contributed by atoms with Crippen LogP contribution in [-0.4, -0.2) is 31.2 Å². The fraction of sp³-hybridized carbons (Fsp3) is 0.222. The molecule has 0 aromatic heterocycles. The Morgan fingerprint density at radius 2 is 1.71 bits per heavy atom. The van der Waals surface area contributed by atoms with Crippen molar-refractivity contribution in [2.24, 2.45) is 11.0 Å². The molecule has 0 saturated heterocycles. The summed E-state index contributed by atoms with van der Waals surface area (Å²) in [6, 6.07) is 20.7. The van der Waals surface area contributed by atoms with E-state index in [2.05, 4.69) is 15.8 Å². The smallest absolute Gasteiger partial charge is 0.262 e. The number of hydrogen-bond acceptors (Lipinski definition) is 5. The topological polar surface area (TPSA) is 89.0 Å². The molecule has 35 heavy (non-hydrogen) atoms. The lowest BCUT2D eigenvalue weighted by molar-refractivity contribution is -0.123. The Morgan fingerprint density at radius 1 is 1.00 bits per heavy atom. The molecule has 2 amide bonds. The predicted octanol–water partition coefficient (Wildman–Crippen LogP) is 4.83. The fourth-order valence-electron chi connectivity index (χ4n) is 3.21. The molecule has 0 aliphatic heterocycles. The second-order valence-electron chi connectivity index (χ2n) is 8.12. The number of carbonyl (C=O) groups is 2. The lowest BCUT2D eigenvalue weighted by Crippen LogP contribution is -2.48. The maximum Gasteiger partial charge on any atom is 0.262 e. The molecule has 0 fully saturated rings. The molecule has 3 aromatic carbocycles. The standard InChI is InChI=1S/C27H28ClN3O4/c1-18(2)25(30-26(32)21-7-5-4-6-8-21)27(33)31-29-16-20-11-14-23(24(15-20)34-3)35-17-19-9-12-22(28)13-10-19/h4-16,18,25H,17H2,1-3H3,(H,30,32)(H,31,33). The van der Waals surface area contributed by atoms with Crippen molar-refractivity contribution in [2.45, 2.75) is 26.5 Å². The normalized spacial score (nSPS) is 11.8. The van der Waals surface area contributed by atoms with Gasteiger partial charge < -0.3 is 14.8 Å². The number of hydrogen-bond donors (Lipinski definition) is 2. The van der Waals surface area contributed by atoms with E-state index in [-0.39, 0.29) is 11.8 Å². The zero-order chi connectivity index (χ0) is 25.2. The maximum absolute atomic E-state index is 12.7. The van der Waals surface area contributed by atoms with Gasteiger partial charge in [-0.3, -0.25) is 9.59 Å². The number of nitrogens with one attached hydrogen (secondary N) is 2. The van der Waals surface area contributed by atoms with E-state index in [0.29, 0.717) is 34.3 Å². The van der Waals surface area contributed by atoms with Crippen molar-refractivity contribution in [1.29, 1.82) is 0 Å². The average Bonchev–Trinajstić information content (AvgIpc) is 2.87. The van der Waals surface area contributed by atoms with Gasteiger partial charge in [-0.25, -0.2) is 5.43 Å². The third kappa shape index (κ3) is 7.58. The van der Waals surface area contributed by atoms with Crippen molar-refractivity contribution in [3.8, 4) is 11.5 Å². The van der Waals surface area contributed by atoms with E-state index in [1.165, 1.54) is 6.21 Å². The van der Waals surface area contributed by atoms with Crippen LogP contribution >= 0.6 is 11.6 Å². The van der Waals surface area contributed by atoms with Crippen LogP contribution in [0.4, 0.5) is 0 Å². The lowest BCUT2D eigenvalue weighted by atomic mass is 10.0. The number of rotatable bonds is 10. The highest BCUT2D eigenvalue weighted by Crippen LogP contribution is 2.28. The highest BCUT2D eigenvalue weighted by molar-refractivity contribution is 6.30. The van der Waals surface area contributed by atoms with Gasteiger partial charge in [-0.1, -0.05) is 55.8 Å². The number of benzene rings is 3. The summed E-state index contributed by atoms with van der Waals surface area (Å²) >= 11 is 5.92. The Hall–Kier alpha value is -3.84. The maximum atomic E-state index is 12.7. The van der Waals surface area contributed by atoms with Gasteiger partial charge >= 0.3 is 0 Å². The van der Waals surface area contributed by atoms with Crippen LogP contribution in [0.1, 0.15) is 35.3 Å². The molecule has 0 aliphatic carbocycles. The summed E-state index contributed by atoms with van der Waals surface area (Å²) in [5, 5.41) is 7.48. The van der Waals surface area contributed by atoms with Crippen molar-refractivity contribution in [3.63, 3.8) is 0 Å². The van der Waals surface area contributed by atoms with Gasteiger partial charge in [-0.2, -0.15) is 5.10 Å². The minimum absolute atomic E-state index is 0.130. The third-order valence-electron chi connectivity index (χ3n) is 5.16. The summed E-state index contributed by atoms with van der Waals surface area (Å²) in [5.41, 5.74) is 4.67. The summed E-state index contributed by atoms with van der Waals surface area (Å²) in [7, 11) is 1.55. The first-order valence-corrected chi connectivity index (χ1v) is 11.5. The zero-order valence-corrected chi connectivity index (χ0v) is 20.6. The number of methoxy groups -OCH3 is 1. The van der Waals surface area contributed by atoms with E-state index in [9.17, 15) is 9.59 Å². The molecule has 7 nitrogen and oxygen atoms in total. The number of nitrogens with zero attached hydrogens (tertiary/aromatic N) is 1. The molecule has 0 saturated carbocycles. The molecule has 0 radical (unpaired) electrons. The van der Waals surface area contributed by atoms with E-state index in [4.69, 9.17) is 21.1 Å². The van der Waals surface area contributed by atoms with E-state index >= 15 is 0 Å². The first kappa shape index (κ1) is 25.8. The van der Waals surface area contributed by atoms with Gasteiger partial charge in [0.05, 0.1) is 13.3 Å². The Balaban J connectivity index is 1.60. The fourth-order valence-corrected chi connectivity index (χ4v) is 3.34. The van der Waals surface area contributed by atoms with Crippen LogP contribution in [0.2, 0.25) is 5.02 Å². The molecule has 2 N–H and O–H groups in total. The molecule has 1 atom stereocenters. The summed E-state index contributed by atoms with van der Waals surface area (Å²) < 4.78 is 11.3. The molecule has 0 bridgehead atoms. The lowest BCUT2D eigenvalue weighted by Gasteiger charge is -2.20. The molecule has 1 unspecified atom stereocenters. The minimum atomic E-state index is -0.738. The van der Waals surface area contributed by atoms with E-state index in [1.807, 2.05) is 44.2 Å². The average molecular weight is 494 g/mol.